The molecule has 1 nitrogen and oxygen atoms in total. The fourth-order valence-corrected chi connectivity index (χ4v) is 0. The molecule has 0 bridgehead atoms. The third kappa shape index (κ3) is 1830. The summed E-state index contributed by atoms with van der Waals surface area (Å²) < 4.78 is 9.56. The summed E-state index contributed by atoms with van der Waals surface area (Å²) in [6.45, 7) is 0. The van der Waals surface area contributed by atoms with Crippen molar-refractivity contribution >= 4 is 10.8 Å². The Bertz CT molecular complexity index is 30.5. The predicted molar refractivity (Wildman–Crippen MR) is 33.5 cm³/mol. The van der Waals surface area contributed by atoms with Crippen LogP contribution in [0.4, 0.5) is 0 Å². The molecule has 0 aromatic rings. The van der Waals surface area contributed by atoms with Crippen LogP contribution in [0.5, 0.6) is 0 Å². The second-order valence-electron chi connectivity index (χ2n) is 0.742. The summed E-state index contributed by atoms with van der Waals surface area (Å²) in [4.78, 5) is 0. The van der Waals surface area contributed by atoms with E-state index in [0.717, 1.165) is 0 Å². The summed E-state index contributed by atoms with van der Waals surface area (Å²) >= 11 is 0. The van der Waals surface area contributed by atoms with Crippen LogP contribution in [-0.4, -0.2) is 16.7 Å². The molecule has 0 aliphatic heterocycles. The van der Waals surface area contributed by atoms with Gasteiger partial charge in [0.15, 0.2) is 0 Å². The van der Waals surface area contributed by atoms with E-state index in [4.69, 9.17) is 0 Å². The minimum Gasteiger partial charge on any atom is -0.260 e. The van der Waals surface area contributed by atoms with E-state index in [9.17, 15) is 4.21 Å². The van der Waals surface area contributed by atoms with Crippen LogP contribution in [0.25, 0.3) is 0 Å². The van der Waals surface area contributed by atoms with Gasteiger partial charge in [0, 0.05) is 23.3 Å². The molecule has 0 aromatic carbocycles. The van der Waals surface area contributed by atoms with E-state index in [1.807, 2.05) is 0 Å². The highest BCUT2D eigenvalue weighted by Crippen LogP contribution is 1.47. The molecule has 0 saturated heterocycles. The Morgan fingerprint density at radius 1 is 1.17 bits per heavy atom. The van der Waals surface area contributed by atoms with Gasteiger partial charge in [-0.3, -0.25) is 4.21 Å². The lowest BCUT2D eigenvalue weighted by Crippen LogP contribution is -1.70. The van der Waals surface area contributed by atoms with E-state index >= 15 is 0 Å². The zero-order chi connectivity index (χ0) is 3.58. The van der Waals surface area contributed by atoms with Crippen LogP contribution in [0.3, 0.4) is 0 Å². The molecule has 42 valence electrons. The maximum atomic E-state index is 9.56. The molecule has 0 heterocycles. The van der Waals surface area contributed by atoms with Crippen LogP contribution in [0.1, 0.15) is 14.9 Å². The molecule has 0 N–H and O–H groups in total. The Balaban J connectivity index is -0.0000000450. The number of rotatable bonds is 0. The van der Waals surface area contributed by atoms with Gasteiger partial charge in [-0.05, 0) is 0 Å². The fourth-order valence-electron chi connectivity index (χ4n) is 0. The zero-order valence-corrected chi connectivity index (χ0v) is 3.63. The van der Waals surface area contributed by atoms with Crippen molar-refractivity contribution in [2.45, 2.75) is 14.9 Å². The molecule has 2 heteroatoms. The number of hydrogen-bond donors (Lipinski definition) is 0. The van der Waals surface area contributed by atoms with E-state index in [1.165, 1.54) is 0 Å². The number of hydrogen-bond acceptors (Lipinski definition) is 1. The van der Waals surface area contributed by atoms with Crippen LogP contribution in [-0.2, 0) is 10.8 Å². The Hall–Kier alpha value is 0.150. The van der Waals surface area contributed by atoms with Crippen LogP contribution in [0, 0.1) is 0 Å². The van der Waals surface area contributed by atoms with Crippen LogP contribution >= 0.6 is 0 Å². The Kier molecular flexibility index (Phi) is 24.5. The van der Waals surface area contributed by atoms with Gasteiger partial charge in [0.05, 0.1) is 0 Å². The molecular formula is C4H14OS. The smallest absolute Gasteiger partial charge is 0.0148 e. The first-order chi connectivity index (χ1) is 1.73. The van der Waals surface area contributed by atoms with E-state index in [0.29, 0.717) is 0 Å². The minimum absolute atomic E-state index is 0. The van der Waals surface area contributed by atoms with Gasteiger partial charge in [-0.2, -0.15) is 0 Å². The minimum atomic E-state index is -0.611. The SMILES string of the molecule is C.C.CS(C)=O. The monoisotopic (exact) mass is 110 g/mol. The maximum absolute atomic E-state index is 9.56. The van der Waals surface area contributed by atoms with Gasteiger partial charge < -0.3 is 0 Å². The molecule has 0 rings (SSSR count). The van der Waals surface area contributed by atoms with Crippen molar-refractivity contribution < 1.29 is 4.21 Å². The van der Waals surface area contributed by atoms with Crippen LogP contribution in [0.2, 0.25) is 0 Å². The van der Waals surface area contributed by atoms with Crippen molar-refractivity contribution in [1.82, 2.24) is 0 Å². The van der Waals surface area contributed by atoms with Crippen molar-refractivity contribution in [2.75, 3.05) is 12.5 Å². The third-order valence-corrected chi connectivity index (χ3v) is 0. The standard InChI is InChI=1S/C2H6OS.2CH4/c1-4(2)3;;/h1-2H3;2*1H4. The van der Waals surface area contributed by atoms with Crippen molar-refractivity contribution in [1.29, 1.82) is 0 Å². The lowest BCUT2D eigenvalue weighted by Gasteiger charge is -1.60. The summed E-state index contributed by atoms with van der Waals surface area (Å²) in [6, 6.07) is 0. The van der Waals surface area contributed by atoms with E-state index in [2.05, 4.69) is 0 Å². The third-order valence-electron chi connectivity index (χ3n) is 0. The first-order valence-electron chi connectivity index (χ1n) is 0.983. The zero-order valence-electron chi connectivity index (χ0n) is 2.82. The van der Waals surface area contributed by atoms with Gasteiger partial charge >= 0.3 is 0 Å². The van der Waals surface area contributed by atoms with Gasteiger partial charge in [-0.1, -0.05) is 14.9 Å². The fraction of sp³-hybridized carbons (Fsp3) is 1.00. The lowest BCUT2D eigenvalue weighted by atomic mass is 11.9. The van der Waals surface area contributed by atoms with Gasteiger partial charge in [-0.25, -0.2) is 0 Å². The van der Waals surface area contributed by atoms with Crippen molar-refractivity contribution in [2.24, 2.45) is 0 Å². The molecule has 0 fully saturated rings. The van der Waals surface area contributed by atoms with Crippen LogP contribution in [0.15, 0.2) is 0 Å². The Morgan fingerprint density at radius 2 is 1.17 bits per heavy atom. The maximum Gasteiger partial charge on any atom is 0.0148 e. The summed E-state index contributed by atoms with van der Waals surface area (Å²) in [5, 5.41) is 0. The molecule has 6 heavy (non-hydrogen) atoms. The summed E-state index contributed by atoms with van der Waals surface area (Å²) in [5.74, 6) is 0. The highest BCUT2D eigenvalue weighted by Gasteiger charge is 1.57. The molecule has 0 atom stereocenters. The van der Waals surface area contributed by atoms with Gasteiger partial charge in [0.1, 0.15) is 0 Å². The second kappa shape index (κ2) is 8.94. The topological polar surface area (TPSA) is 17.1 Å². The first-order valence-corrected chi connectivity index (χ1v) is 2.95. The molecular weight excluding hydrogens is 96.1 g/mol. The van der Waals surface area contributed by atoms with Crippen LogP contribution < -0.4 is 0 Å². The molecule has 0 amide bonds. The Morgan fingerprint density at radius 3 is 1.17 bits per heavy atom. The van der Waals surface area contributed by atoms with Gasteiger partial charge in [-0.15, -0.1) is 0 Å². The van der Waals surface area contributed by atoms with Crippen molar-refractivity contribution in [3.05, 3.63) is 0 Å². The first kappa shape index (κ1) is 16.4. The molecule has 0 aromatic heterocycles. The van der Waals surface area contributed by atoms with E-state index in [-0.39, 0.29) is 14.9 Å². The van der Waals surface area contributed by atoms with E-state index in [1.54, 1.807) is 12.5 Å². The molecule has 0 spiro atoms. The average Bonchev–Trinajstić information content (AvgIpc) is 0.811. The molecule has 0 saturated carbocycles. The van der Waals surface area contributed by atoms with Gasteiger partial charge in [0.25, 0.3) is 0 Å². The molecule has 0 aliphatic rings. The molecule has 0 radical (unpaired) electrons. The summed E-state index contributed by atoms with van der Waals surface area (Å²) in [5.41, 5.74) is 0. The highest BCUT2D eigenvalue weighted by atomic mass is 32.2. The second-order valence-corrected chi connectivity index (χ2v) is 2.22. The average molecular weight is 110 g/mol. The largest absolute Gasteiger partial charge is 0.260 e. The predicted octanol–water partition coefficient (Wildman–Crippen LogP) is 1.27. The summed E-state index contributed by atoms with van der Waals surface area (Å²) in [7, 11) is -0.611. The van der Waals surface area contributed by atoms with E-state index < -0.39 is 10.8 Å². The summed E-state index contributed by atoms with van der Waals surface area (Å²) in [6.07, 6.45) is 3.28. The lowest BCUT2D eigenvalue weighted by molar-refractivity contribution is 0.690. The molecule has 0 unspecified atom stereocenters. The quantitative estimate of drug-likeness (QED) is 0.459. The van der Waals surface area contributed by atoms with Crippen molar-refractivity contribution in [3.63, 3.8) is 0 Å². The normalized spacial score (nSPS) is 5.83. The highest BCUT2D eigenvalue weighted by molar-refractivity contribution is 7.83. The van der Waals surface area contributed by atoms with Crippen molar-refractivity contribution in [3.8, 4) is 0 Å². The van der Waals surface area contributed by atoms with Gasteiger partial charge in [0.2, 0.25) is 0 Å². The molecule has 0 aliphatic carbocycles. The Labute approximate surface area is 43.2 Å².